The van der Waals surface area contributed by atoms with Crippen molar-refractivity contribution in [1.29, 1.82) is 0 Å². The van der Waals surface area contributed by atoms with Gasteiger partial charge in [0.25, 0.3) is 0 Å². The number of fused-ring (bicyclic) bond motifs is 1. The fraction of sp³-hybridized carbons (Fsp3) is 0.364. The van der Waals surface area contributed by atoms with Gasteiger partial charge in [-0.3, -0.25) is 4.79 Å². The second-order valence-electron chi connectivity index (χ2n) is 6.69. The molecule has 0 spiro atoms. The van der Waals surface area contributed by atoms with Crippen molar-refractivity contribution in [2.75, 3.05) is 13.7 Å². The minimum Gasteiger partial charge on any atom is -0.492 e. The number of allylic oxidation sites excluding steroid dienone is 3. The smallest absolute Gasteiger partial charge is 0.383 e. The lowest BCUT2D eigenvalue weighted by atomic mass is 10.1. The molecule has 2 aromatic rings. The molecule has 0 unspecified atom stereocenters. The summed E-state index contributed by atoms with van der Waals surface area (Å²) in [5.74, 6) is 0.133. The maximum absolute atomic E-state index is 12.4. The standard InChI is InChI=1S/C22H26O6/c1-14(2)7-6-8-15(3)11-12-26-21-20(25-5)18-10-9-17(27-16(4)23)13-19(18)28-22(21)24/h7,9-11,13H,6,8,12H2,1-5H3/b15-11+. The lowest BCUT2D eigenvalue weighted by Crippen LogP contribution is -2.10. The summed E-state index contributed by atoms with van der Waals surface area (Å²) in [7, 11) is 1.46. The normalized spacial score (nSPS) is 11.2. The first-order chi connectivity index (χ1) is 13.3. The van der Waals surface area contributed by atoms with E-state index >= 15 is 0 Å². The first kappa shape index (κ1) is 21.3. The van der Waals surface area contributed by atoms with Crippen molar-refractivity contribution >= 4 is 16.9 Å². The molecule has 150 valence electrons. The van der Waals surface area contributed by atoms with E-state index in [9.17, 15) is 9.59 Å². The molecule has 0 aliphatic heterocycles. The first-order valence-corrected chi connectivity index (χ1v) is 9.07. The van der Waals surface area contributed by atoms with E-state index in [2.05, 4.69) is 19.9 Å². The third-order valence-corrected chi connectivity index (χ3v) is 4.01. The monoisotopic (exact) mass is 386 g/mol. The Bertz CT molecular complexity index is 961. The summed E-state index contributed by atoms with van der Waals surface area (Å²) in [6, 6.07) is 4.73. The topological polar surface area (TPSA) is 75.0 Å². The molecule has 0 bridgehead atoms. The van der Waals surface area contributed by atoms with Crippen molar-refractivity contribution in [3.8, 4) is 17.2 Å². The average Bonchev–Trinajstić information content (AvgIpc) is 2.61. The van der Waals surface area contributed by atoms with Gasteiger partial charge in [-0.2, -0.15) is 0 Å². The number of benzene rings is 1. The number of ether oxygens (including phenoxy) is 3. The molecule has 1 aromatic heterocycles. The van der Waals surface area contributed by atoms with E-state index < -0.39 is 11.6 Å². The van der Waals surface area contributed by atoms with Crippen LogP contribution in [-0.4, -0.2) is 19.7 Å². The zero-order chi connectivity index (χ0) is 20.7. The summed E-state index contributed by atoms with van der Waals surface area (Å²) in [5.41, 5.74) is 2.06. The zero-order valence-electron chi connectivity index (χ0n) is 17.0. The Labute approximate surface area is 164 Å². The highest BCUT2D eigenvalue weighted by atomic mass is 16.5. The molecule has 6 nitrogen and oxygen atoms in total. The number of carbonyl (C=O) groups excluding carboxylic acids is 1. The fourth-order valence-electron chi connectivity index (χ4n) is 2.65. The van der Waals surface area contributed by atoms with E-state index in [0.29, 0.717) is 5.39 Å². The molecule has 28 heavy (non-hydrogen) atoms. The molecule has 0 amide bonds. The molecule has 0 atom stereocenters. The van der Waals surface area contributed by atoms with Crippen molar-refractivity contribution in [3.63, 3.8) is 0 Å². The third kappa shape index (κ3) is 5.74. The minimum absolute atomic E-state index is 0.0172. The Balaban J connectivity index is 2.22. The van der Waals surface area contributed by atoms with Crippen molar-refractivity contribution in [2.45, 2.75) is 40.5 Å². The Hall–Kier alpha value is -3.02. The van der Waals surface area contributed by atoms with Crippen molar-refractivity contribution in [3.05, 3.63) is 51.9 Å². The molecule has 0 saturated heterocycles. The van der Waals surface area contributed by atoms with Crippen LogP contribution < -0.4 is 19.8 Å². The number of esters is 1. The van der Waals surface area contributed by atoms with Gasteiger partial charge in [-0.05, 0) is 51.8 Å². The molecule has 0 aliphatic rings. The minimum atomic E-state index is -0.653. The molecule has 0 fully saturated rings. The predicted molar refractivity (Wildman–Crippen MR) is 108 cm³/mol. The van der Waals surface area contributed by atoms with Crippen LogP contribution in [0.3, 0.4) is 0 Å². The van der Waals surface area contributed by atoms with Crippen LogP contribution in [0, 0.1) is 0 Å². The highest BCUT2D eigenvalue weighted by Gasteiger charge is 2.17. The van der Waals surface area contributed by atoms with Gasteiger partial charge in [-0.25, -0.2) is 4.79 Å². The summed E-state index contributed by atoms with van der Waals surface area (Å²) in [4.78, 5) is 23.5. The van der Waals surface area contributed by atoms with Crippen LogP contribution in [0.2, 0.25) is 0 Å². The Morgan fingerprint density at radius 3 is 2.50 bits per heavy atom. The van der Waals surface area contributed by atoms with Crippen LogP contribution in [0.15, 0.2) is 50.7 Å². The molecule has 0 N–H and O–H groups in total. The first-order valence-electron chi connectivity index (χ1n) is 9.07. The summed E-state index contributed by atoms with van der Waals surface area (Å²) in [6.07, 6.45) is 6.02. The highest BCUT2D eigenvalue weighted by molar-refractivity contribution is 5.87. The Morgan fingerprint density at radius 1 is 1.11 bits per heavy atom. The van der Waals surface area contributed by atoms with E-state index in [4.69, 9.17) is 18.6 Å². The molecule has 0 radical (unpaired) electrons. The second kappa shape index (κ2) is 9.78. The van der Waals surface area contributed by atoms with Gasteiger partial charge in [0.2, 0.25) is 5.75 Å². The highest BCUT2D eigenvalue weighted by Crippen LogP contribution is 2.34. The number of methoxy groups -OCH3 is 1. The van der Waals surface area contributed by atoms with E-state index in [1.807, 2.05) is 13.0 Å². The molecule has 0 saturated carbocycles. The lowest BCUT2D eigenvalue weighted by Gasteiger charge is -2.11. The number of hydrogen-bond donors (Lipinski definition) is 0. The van der Waals surface area contributed by atoms with Crippen LogP contribution >= 0.6 is 0 Å². The van der Waals surface area contributed by atoms with Gasteiger partial charge in [0.05, 0.1) is 12.5 Å². The molecule has 1 aromatic carbocycles. The third-order valence-electron chi connectivity index (χ3n) is 4.01. The molecular weight excluding hydrogens is 360 g/mol. The molecule has 6 heteroatoms. The molecular formula is C22H26O6. The van der Waals surface area contributed by atoms with Crippen LogP contribution in [0.25, 0.3) is 11.0 Å². The zero-order valence-corrected chi connectivity index (χ0v) is 17.0. The van der Waals surface area contributed by atoms with Crippen molar-refractivity contribution in [1.82, 2.24) is 0 Å². The van der Waals surface area contributed by atoms with Crippen molar-refractivity contribution in [2.24, 2.45) is 0 Å². The Morgan fingerprint density at radius 2 is 1.86 bits per heavy atom. The molecule has 2 rings (SSSR count). The quantitative estimate of drug-likeness (QED) is 0.281. The van der Waals surface area contributed by atoms with Gasteiger partial charge >= 0.3 is 11.6 Å². The molecule has 0 aliphatic carbocycles. The van der Waals surface area contributed by atoms with Gasteiger partial charge in [0.15, 0.2) is 5.75 Å². The lowest BCUT2D eigenvalue weighted by molar-refractivity contribution is -0.131. The van der Waals surface area contributed by atoms with E-state index in [0.717, 1.165) is 12.8 Å². The van der Waals surface area contributed by atoms with E-state index in [1.165, 1.54) is 31.2 Å². The summed E-state index contributed by atoms with van der Waals surface area (Å²) in [5, 5.41) is 0.553. The summed E-state index contributed by atoms with van der Waals surface area (Å²) < 4.78 is 21.4. The van der Waals surface area contributed by atoms with Gasteiger partial charge < -0.3 is 18.6 Å². The SMILES string of the molecule is COc1c(OC/C=C(\C)CCC=C(C)C)c(=O)oc2cc(OC(C)=O)ccc12. The van der Waals surface area contributed by atoms with Gasteiger partial charge in [0.1, 0.15) is 17.9 Å². The average molecular weight is 386 g/mol. The van der Waals surface area contributed by atoms with Gasteiger partial charge in [-0.1, -0.05) is 17.2 Å². The summed E-state index contributed by atoms with van der Waals surface area (Å²) >= 11 is 0. The maximum Gasteiger partial charge on any atom is 0.383 e. The Kier molecular flexibility index (Phi) is 7.44. The van der Waals surface area contributed by atoms with E-state index in [1.54, 1.807) is 12.1 Å². The van der Waals surface area contributed by atoms with Gasteiger partial charge in [0, 0.05) is 13.0 Å². The van der Waals surface area contributed by atoms with Gasteiger partial charge in [-0.15, -0.1) is 0 Å². The molecule has 1 heterocycles. The van der Waals surface area contributed by atoms with E-state index in [-0.39, 0.29) is 29.4 Å². The van der Waals surface area contributed by atoms with Crippen molar-refractivity contribution < 1.29 is 23.4 Å². The summed E-state index contributed by atoms with van der Waals surface area (Å²) in [6.45, 7) is 7.70. The number of carbonyl (C=O) groups is 1. The maximum atomic E-state index is 12.4. The van der Waals surface area contributed by atoms with Crippen LogP contribution in [0.1, 0.15) is 40.5 Å². The number of hydrogen-bond acceptors (Lipinski definition) is 6. The largest absolute Gasteiger partial charge is 0.492 e. The predicted octanol–water partition coefficient (Wildman–Crippen LogP) is 4.80. The fourth-order valence-corrected chi connectivity index (χ4v) is 2.65. The van der Waals surface area contributed by atoms with Crippen LogP contribution in [-0.2, 0) is 4.79 Å². The van der Waals surface area contributed by atoms with Crippen LogP contribution in [0.4, 0.5) is 0 Å². The van der Waals surface area contributed by atoms with Crippen LogP contribution in [0.5, 0.6) is 17.2 Å². The number of rotatable bonds is 8. The second-order valence-corrected chi connectivity index (χ2v) is 6.69.